The third-order valence-corrected chi connectivity index (χ3v) is 5.56. The molecule has 3 aromatic rings. The Labute approximate surface area is 161 Å². The van der Waals surface area contributed by atoms with Crippen molar-refractivity contribution >= 4 is 33.7 Å². The minimum atomic E-state index is -0.278. The van der Waals surface area contributed by atoms with Crippen LogP contribution in [-0.2, 0) is 0 Å². The molecule has 1 amide bonds. The van der Waals surface area contributed by atoms with Gasteiger partial charge in [0, 0.05) is 29.3 Å². The number of hydrogen-bond acceptors (Lipinski definition) is 4. The lowest BCUT2D eigenvalue weighted by atomic mass is 10.1. The quantitative estimate of drug-likeness (QED) is 0.754. The van der Waals surface area contributed by atoms with Gasteiger partial charge in [-0.25, -0.2) is 0 Å². The molecule has 6 heteroatoms. The molecule has 0 aliphatic carbocycles. The molecular weight excluding hydrogens is 358 g/mol. The van der Waals surface area contributed by atoms with Crippen molar-refractivity contribution in [3.8, 4) is 0 Å². The molecule has 1 aromatic heterocycles. The lowest BCUT2D eigenvalue weighted by Gasteiger charge is -2.18. The molecule has 1 saturated heterocycles. The fourth-order valence-electron chi connectivity index (χ4n) is 3.20. The second-order valence-corrected chi connectivity index (χ2v) is 7.46. The summed E-state index contributed by atoms with van der Waals surface area (Å²) in [5.74, 6) is 0.619. The van der Waals surface area contributed by atoms with Gasteiger partial charge in [-0.05, 0) is 18.6 Å². The summed E-state index contributed by atoms with van der Waals surface area (Å²) in [4.78, 5) is 34.5. The van der Waals surface area contributed by atoms with Crippen LogP contribution in [0.2, 0.25) is 0 Å². The molecule has 1 N–H and O–H groups in total. The Kier molecular flexibility index (Phi) is 4.81. The Morgan fingerprint density at radius 1 is 1.15 bits per heavy atom. The summed E-state index contributed by atoms with van der Waals surface area (Å²) in [5.41, 5.74) is 1.90. The van der Waals surface area contributed by atoms with Crippen molar-refractivity contribution in [2.45, 2.75) is 13.0 Å². The topological polar surface area (TPSA) is 65.5 Å². The lowest BCUT2D eigenvalue weighted by Crippen LogP contribution is -2.33. The molecule has 0 saturated carbocycles. The van der Waals surface area contributed by atoms with Crippen molar-refractivity contribution < 1.29 is 4.79 Å². The molecule has 1 aliphatic rings. The lowest BCUT2D eigenvalue weighted by molar-refractivity contribution is 0.0860. The summed E-state index contributed by atoms with van der Waals surface area (Å²) in [6.07, 6.45) is 0. The minimum absolute atomic E-state index is 0.0435. The Balaban J connectivity index is 1.70. The molecule has 0 radical (unpaired) electrons. The number of H-pyrrole nitrogens is 1. The van der Waals surface area contributed by atoms with Gasteiger partial charge in [0.25, 0.3) is 5.91 Å². The molecule has 1 fully saturated rings. The van der Waals surface area contributed by atoms with Crippen molar-refractivity contribution in [3.63, 3.8) is 0 Å². The van der Waals surface area contributed by atoms with Gasteiger partial charge >= 0.3 is 0 Å². The van der Waals surface area contributed by atoms with E-state index in [0.717, 1.165) is 16.7 Å². The molecule has 1 atom stereocenters. The van der Waals surface area contributed by atoms with Gasteiger partial charge in [-0.15, -0.1) is 0 Å². The maximum absolute atomic E-state index is 13.2. The van der Waals surface area contributed by atoms with E-state index in [1.807, 2.05) is 55.5 Å². The highest BCUT2D eigenvalue weighted by molar-refractivity contribution is 8.14. The normalized spacial score (nSPS) is 16.8. The zero-order valence-corrected chi connectivity index (χ0v) is 15.7. The van der Waals surface area contributed by atoms with Crippen molar-refractivity contribution in [2.24, 2.45) is 4.99 Å². The van der Waals surface area contributed by atoms with Gasteiger partial charge in [0.15, 0.2) is 5.17 Å². The second-order valence-electron chi connectivity index (χ2n) is 6.40. The van der Waals surface area contributed by atoms with Crippen molar-refractivity contribution in [1.82, 2.24) is 9.88 Å². The van der Waals surface area contributed by atoms with E-state index in [9.17, 15) is 9.59 Å². The van der Waals surface area contributed by atoms with E-state index < -0.39 is 0 Å². The molecule has 1 aliphatic heterocycles. The molecule has 136 valence electrons. The van der Waals surface area contributed by atoms with Gasteiger partial charge in [0.2, 0.25) is 5.56 Å². The van der Waals surface area contributed by atoms with E-state index in [2.05, 4.69) is 4.98 Å². The summed E-state index contributed by atoms with van der Waals surface area (Å²) < 4.78 is 0. The molecule has 0 spiro atoms. The standard InChI is InChI=1S/C21H19N3O2S/c1-14(15-7-3-2-4-8-15)22-21-24(11-12-27-21)20(26)17-13-19(25)23-18-10-6-5-9-16(17)18/h2-10,13-14H,11-12H2,1H3,(H,23,25)/t14-/m0/s1. The number of nitrogens with one attached hydrogen (secondary N) is 1. The van der Waals surface area contributed by atoms with E-state index in [1.165, 1.54) is 6.07 Å². The van der Waals surface area contributed by atoms with Gasteiger partial charge < -0.3 is 4.98 Å². The maximum Gasteiger partial charge on any atom is 0.260 e. The van der Waals surface area contributed by atoms with Gasteiger partial charge in [-0.2, -0.15) is 0 Å². The Bertz CT molecular complexity index is 1080. The van der Waals surface area contributed by atoms with Crippen LogP contribution >= 0.6 is 11.8 Å². The zero-order valence-electron chi connectivity index (χ0n) is 14.9. The Morgan fingerprint density at radius 2 is 1.89 bits per heavy atom. The number of amidine groups is 1. The van der Waals surface area contributed by atoms with Crippen LogP contribution in [0.5, 0.6) is 0 Å². The third-order valence-electron chi connectivity index (χ3n) is 4.59. The number of aromatic amines is 1. The molecule has 4 rings (SSSR count). The third kappa shape index (κ3) is 3.53. The van der Waals surface area contributed by atoms with Crippen LogP contribution in [0.1, 0.15) is 28.9 Å². The second kappa shape index (κ2) is 7.40. The van der Waals surface area contributed by atoms with Crippen LogP contribution in [0.4, 0.5) is 0 Å². The first-order valence-electron chi connectivity index (χ1n) is 8.83. The number of carbonyl (C=O) groups is 1. The number of aromatic nitrogens is 1. The number of pyridine rings is 1. The molecule has 5 nitrogen and oxygen atoms in total. The smallest absolute Gasteiger partial charge is 0.260 e. The predicted molar refractivity (Wildman–Crippen MR) is 110 cm³/mol. The number of benzene rings is 2. The largest absolute Gasteiger partial charge is 0.322 e. The summed E-state index contributed by atoms with van der Waals surface area (Å²) in [6, 6.07) is 18.7. The molecular formula is C21H19N3O2S. The highest BCUT2D eigenvalue weighted by Crippen LogP contribution is 2.26. The molecule has 0 unspecified atom stereocenters. The first kappa shape index (κ1) is 17.5. The number of amides is 1. The van der Waals surface area contributed by atoms with Gasteiger partial charge in [-0.1, -0.05) is 60.3 Å². The summed E-state index contributed by atoms with van der Waals surface area (Å²) >= 11 is 1.58. The summed E-state index contributed by atoms with van der Waals surface area (Å²) in [7, 11) is 0. The molecule has 2 aromatic carbocycles. The van der Waals surface area contributed by atoms with Gasteiger partial charge in [-0.3, -0.25) is 19.5 Å². The van der Waals surface area contributed by atoms with E-state index in [4.69, 9.17) is 4.99 Å². The highest BCUT2D eigenvalue weighted by Gasteiger charge is 2.28. The zero-order chi connectivity index (χ0) is 18.8. The average Bonchev–Trinajstić information content (AvgIpc) is 3.15. The van der Waals surface area contributed by atoms with Crippen molar-refractivity contribution in [2.75, 3.05) is 12.3 Å². The van der Waals surface area contributed by atoms with Crippen molar-refractivity contribution in [1.29, 1.82) is 0 Å². The number of fused-ring (bicyclic) bond motifs is 1. The molecule has 27 heavy (non-hydrogen) atoms. The highest BCUT2D eigenvalue weighted by atomic mass is 32.2. The van der Waals surface area contributed by atoms with E-state index in [-0.39, 0.29) is 17.5 Å². The molecule has 0 bridgehead atoms. The number of para-hydroxylation sites is 1. The van der Waals surface area contributed by atoms with Gasteiger partial charge in [0.05, 0.1) is 11.6 Å². The van der Waals surface area contributed by atoms with Crippen molar-refractivity contribution in [3.05, 3.63) is 82.1 Å². The Morgan fingerprint density at radius 3 is 2.70 bits per heavy atom. The van der Waals surface area contributed by atoms with E-state index in [1.54, 1.807) is 22.7 Å². The number of thioether (sulfide) groups is 1. The fourth-order valence-corrected chi connectivity index (χ4v) is 4.22. The SMILES string of the molecule is C[C@H](N=C1SCCN1C(=O)c1cc(=O)[nH]c2ccccc12)c1ccccc1. The van der Waals surface area contributed by atoms with E-state index >= 15 is 0 Å². The number of hydrogen-bond donors (Lipinski definition) is 1. The summed E-state index contributed by atoms with van der Waals surface area (Å²) in [5, 5.41) is 1.45. The van der Waals surface area contributed by atoms with Crippen LogP contribution < -0.4 is 5.56 Å². The maximum atomic E-state index is 13.2. The number of rotatable bonds is 3. The van der Waals surface area contributed by atoms with Crippen LogP contribution in [0, 0.1) is 0 Å². The van der Waals surface area contributed by atoms with Crippen LogP contribution in [0.3, 0.4) is 0 Å². The summed E-state index contributed by atoms with van der Waals surface area (Å²) in [6.45, 7) is 2.61. The average molecular weight is 377 g/mol. The first-order chi connectivity index (χ1) is 13.1. The monoisotopic (exact) mass is 377 g/mol. The Hall–Kier alpha value is -2.86. The number of nitrogens with zero attached hydrogens (tertiary/aromatic N) is 2. The molecule has 2 heterocycles. The van der Waals surface area contributed by atoms with Gasteiger partial charge in [0.1, 0.15) is 0 Å². The predicted octanol–water partition coefficient (Wildman–Crippen LogP) is 3.83. The van der Waals surface area contributed by atoms with Crippen LogP contribution in [0.15, 0.2) is 70.5 Å². The van der Waals surface area contributed by atoms with Crippen LogP contribution in [0.25, 0.3) is 10.9 Å². The first-order valence-corrected chi connectivity index (χ1v) is 9.81. The van der Waals surface area contributed by atoms with Crippen LogP contribution in [-0.4, -0.2) is 33.3 Å². The van der Waals surface area contributed by atoms with E-state index in [0.29, 0.717) is 22.8 Å². The number of aliphatic imine (C=N–C) groups is 1. The number of carbonyl (C=O) groups excluding carboxylic acids is 1. The fraction of sp³-hybridized carbons (Fsp3) is 0.190. The minimum Gasteiger partial charge on any atom is -0.322 e.